The van der Waals surface area contributed by atoms with Gasteiger partial charge in [0.2, 0.25) is 0 Å². The van der Waals surface area contributed by atoms with Crippen molar-refractivity contribution in [3.8, 4) is 0 Å². The monoisotopic (exact) mass is 311 g/mol. The van der Waals surface area contributed by atoms with Gasteiger partial charge >= 0.3 is 6.03 Å². The molecule has 2 aliphatic rings. The van der Waals surface area contributed by atoms with Gasteiger partial charge in [-0.2, -0.15) is 0 Å². The molecule has 0 radical (unpaired) electrons. The van der Waals surface area contributed by atoms with Gasteiger partial charge in [0.1, 0.15) is 0 Å². The summed E-state index contributed by atoms with van der Waals surface area (Å²) in [6.07, 6.45) is 3.70. The Bertz CT molecular complexity index is 341. The van der Waals surface area contributed by atoms with E-state index in [2.05, 4.69) is 24.1 Å². The van der Waals surface area contributed by atoms with Gasteiger partial charge in [-0.25, -0.2) is 4.79 Å². The number of urea groups is 1. The lowest BCUT2D eigenvalue weighted by molar-refractivity contribution is 0.0187. The zero-order valence-corrected chi connectivity index (χ0v) is 14.5. The number of piperidine rings is 1. The molecule has 128 valence electrons. The van der Waals surface area contributed by atoms with Gasteiger partial charge in [0.15, 0.2) is 0 Å². The average Bonchev–Trinajstić information content (AvgIpc) is 2.52. The summed E-state index contributed by atoms with van der Waals surface area (Å²) in [6.45, 7) is 13.1. The molecule has 0 bridgehead atoms. The molecule has 0 aromatic rings. The van der Waals surface area contributed by atoms with Crippen LogP contribution in [-0.4, -0.2) is 67.8 Å². The van der Waals surface area contributed by atoms with E-state index in [4.69, 9.17) is 4.74 Å². The summed E-state index contributed by atoms with van der Waals surface area (Å²) in [5.74, 6) is 1.42. The standard InChI is InChI=1S/C17H33N3O2/c1-14(2)4-7-19-8-5-16(6-9-19)12-18-17(21)20-10-11-22-13-15(20)3/h14-16H,4-13H2,1-3H3,(H,18,21)/t15-/m1/s1. The van der Waals surface area contributed by atoms with Crippen LogP contribution in [0.25, 0.3) is 0 Å². The predicted molar refractivity (Wildman–Crippen MR) is 89.0 cm³/mol. The van der Waals surface area contributed by atoms with Crippen molar-refractivity contribution >= 4 is 6.03 Å². The first-order valence-electron chi connectivity index (χ1n) is 8.91. The van der Waals surface area contributed by atoms with E-state index < -0.39 is 0 Å². The van der Waals surface area contributed by atoms with Gasteiger partial charge in [-0.05, 0) is 57.7 Å². The number of nitrogens with zero attached hydrogens (tertiary/aromatic N) is 2. The van der Waals surface area contributed by atoms with Gasteiger partial charge in [-0.15, -0.1) is 0 Å². The number of hydrogen-bond acceptors (Lipinski definition) is 3. The molecule has 2 heterocycles. The Hall–Kier alpha value is -0.810. The summed E-state index contributed by atoms with van der Waals surface area (Å²) < 4.78 is 5.38. The zero-order valence-electron chi connectivity index (χ0n) is 14.5. The average molecular weight is 311 g/mol. The molecule has 0 aromatic heterocycles. The maximum atomic E-state index is 12.2. The minimum absolute atomic E-state index is 0.0815. The first-order valence-corrected chi connectivity index (χ1v) is 8.91. The smallest absolute Gasteiger partial charge is 0.317 e. The Labute approximate surface area is 135 Å². The van der Waals surface area contributed by atoms with Crippen LogP contribution in [0, 0.1) is 11.8 Å². The molecule has 1 atom stereocenters. The van der Waals surface area contributed by atoms with Crippen molar-refractivity contribution in [2.75, 3.05) is 45.9 Å². The summed E-state index contributed by atoms with van der Waals surface area (Å²) in [6, 6.07) is 0.268. The molecule has 2 fully saturated rings. The second-order valence-electron chi connectivity index (χ2n) is 7.27. The summed E-state index contributed by atoms with van der Waals surface area (Å²) >= 11 is 0. The number of carbonyl (C=O) groups is 1. The van der Waals surface area contributed by atoms with Crippen molar-refractivity contribution in [2.45, 2.75) is 46.1 Å². The van der Waals surface area contributed by atoms with Crippen molar-refractivity contribution in [2.24, 2.45) is 11.8 Å². The van der Waals surface area contributed by atoms with E-state index in [9.17, 15) is 4.79 Å². The third-order valence-electron chi connectivity index (χ3n) is 4.90. The summed E-state index contributed by atoms with van der Waals surface area (Å²) in [5, 5.41) is 3.13. The minimum Gasteiger partial charge on any atom is -0.377 e. The molecule has 0 unspecified atom stereocenters. The van der Waals surface area contributed by atoms with Crippen LogP contribution >= 0.6 is 0 Å². The number of ether oxygens (including phenoxy) is 1. The van der Waals surface area contributed by atoms with Crippen molar-refractivity contribution in [1.82, 2.24) is 15.1 Å². The summed E-state index contributed by atoms with van der Waals surface area (Å²) in [7, 11) is 0. The topological polar surface area (TPSA) is 44.8 Å². The van der Waals surface area contributed by atoms with Gasteiger partial charge in [0.05, 0.1) is 19.3 Å². The molecule has 2 saturated heterocycles. The van der Waals surface area contributed by atoms with Crippen LogP contribution in [0.1, 0.15) is 40.0 Å². The fourth-order valence-electron chi connectivity index (χ4n) is 3.22. The van der Waals surface area contributed by atoms with Gasteiger partial charge < -0.3 is 19.9 Å². The van der Waals surface area contributed by atoms with E-state index in [1.165, 1.54) is 38.9 Å². The lowest BCUT2D eigenvalue weighted by Crippen LogP contribution is -2.52. The van der Waals surface area contributed by atoms with E-state index in [-0.39, 0.29) is 12.1 Å². The molecule has 2 rings (SSSR count). The van der Waals surface area contributed by atoms with Crippen molar-refractivity contribution in [3.63, 3.8) is 0 Å². The van der Waals surface area contributed by atoms with Gasteiger partial charge in [0, 0.05) is 13.1 Å². The largest absolute Gasteiger partial charge is 0.377 e. The quantitative estimate of drug-likeness (QED) is 0.846. The predicted octanol–water partition coefficient (Wildman–Crippen LogP) is 2.17. The Balaban J connectivity index is 1.63. The van der Waals surface area contributed by atoms with E-state index in [0.717, 1.165) is 12.5 Å². The molecule has 0 spiro atoms. The third-order valence-corrected chi connectivity index (χ3v) is 4.90. The SMILES string of the molecule is CC(C)CCN1CCC(CNC(=O)N2CCOC[C@H]2C)CC1. The summed E-state index contributed by atoms with van der Waals surface area (Å²) in [5.41, 5.74) is 0. The number of rotatable bonds is 5. The first kappa shape index (κ1) is 17.5. The van der Waals surface area contributed by atoms with E-state index in [1.54, 1.807) is 0 Å². The third kappa shape index (κ3) is 5.43. The fraction of sp³-hybridized carbons (Fsp3) is 0.941. The lowest BCUT2D eigenvalue weighted by atomic mass is 9.96. The van der Waals surface area contributed by atoms with Crippen LogP contribution in [0.2, 0.25) is 0 Å². The van der Waals surface area contributed by atoms with Crippen LogP contribution in [0.4, 0.5) is 4.79 Å². The molecule has 22 heavy (non-hydrogen) atoms. The second-order valence-corrected chi connectivity index (χ2v) is 7.27. The van der Waals surface area contributed by atoms with E-state index in [0.29, 0.717) is 25.7 Å². The Morgan fingerprint density at radius 1 is 1.27 bits per heavy atom. The molecular formula is C17H33N3O2. The highest BCUT2D eigenvalue weighted by Crippen LogP contribution is 2.17. The Morgan fingerprint density at radius 2 is 2.00 bits per heavy atom. The number of likely N-dealkylation sites (tertiary alicyclic amines) is 1. The highest BCUT2D eigenvalue weighted by atomic mass is 16.5. The van der Waals surface area contributed by atoms with Crippen molar-refractivity contribution in [1.29, 1.82) is 0 Å². The van der Waals surface area contributed by atoms with Crippen molar-refractivity contribution in [3.05, 3.63) is 0 Å². The number of morpholine rings is 1. The van der Waals surface area contributed by atoms with E-state index >= 15 is 0 Å². The molecule has 5 heteroatoms. The Kier molecular flexibility index (Phi) is 6.96. The first-order chi connectivity index (χ1) is 10.6. The number of carbonyl (C=O) groups excluding carboxylic acids is 1. The lowest BCUT2D eigenvalue weighted by Gasteiger charge is -2.35. The van der Waals surface area contributed by atoms with Crippen LogP contribution in [0.3, 0.4) is 0 Å². The maximum Gasteiger partial charge on any atom is 0.317 e. The molecule has 1 N–H and O–H groups in total. The maximum absolute atomic E-state index is 12.2. The van der Waals surface area contributed by atoms with Gasteiger partial charge in [-0.1, -0.05) is 13.8 Å². The molecule has 0 saturated carbocycles. The normalized spacial score (nSPS) is 24.7. The molecule has 5 nitrogen and oxygen atoms in total. The number of hydrogen-bond donors (Lipinski definition) is 1. The highest BCUT2D eigenvalue weighted by Gasteiger charge is 2.25. The number of amides is 2. The van der Waals surface area contributed by atoms with E-state index in [1.807, 2.05) is 11.8 Å². The molecule has 0 aromatic carbocycles. The fourth-order valence-corrected chi connectivity index (χ4v) is 3.22. The minimum atomic E-state index is 0.0815. The molecule has 0 aliphatic carbocycles. The zero-order chi connectivity index (χ0) is 15.9. The Morgan fingerprint density at radius 3 is 2.64 bits per heavy atom. The molecular weight excluding hydrogens is 278 g/mol. The summed E-state index contributed by atoms with van der Waals surface area (Å²) in [4.78, 5) is 16.7. The molecule has 2 aliphatic heterocycles. The van der Waals surface area contributed by atoms with Gasteiger partial charge in [0.25, 0.3) is 0 Å². The second kappa shape index (κ2) is 8.73. The van der Waals surface area contributed by atoms with Crippen LogP contribution in [-0.2, 0) is 4.74 Å². The molecule has 2 amide bonds. The number of nitrogens with one attached hydrogen (secondary N) is 1. The van der Waals surface area contributed by atoms with Crippen LogP contribution in [0.15, 0.2) is 0 Å². The van der Waals surface area contributed by atoms with Crippen LogP contribution in [0.5, 0.6) is 0 Å². The van der Waals surface area contributed by atoms with Crippen molar-refractivity contribution < 1.29 is 9.53 Å². The highest BCUT2D eigenvalue weighted by molar-refractivity contribution is 5.74. The van der Waals surface area contributed by atoms with Crippen LogP contribution < -0.4 is 5.32 Å². The van der Waals surface area contributed by atoms with Gasteiger partial charge in [-0.3, -0.25) is 0 Å².